The third kappa shape index (κ3) is 5.05. The van der Waals surface area contributed by atoms with Gasteiger partial charge >= 0.3 is 12.3 Å². The molecule has 0 saturated carbocycles. The molecule has 0 amide bonds. The first-order valence-corrected chi connectivity index (χ1v) is 9.53. The lowest BCUT2D eigenvalue weighted by Crippen LogP contribution is -2.29. The second kappa shape index (κ2) is 8.58. The molecule has 3 aromatic rings. The summed E-state index contributed by atoms with van der Waals surface area (Å²) >= 11 is 0. The molecular weight excluding hydrogens is 433 g/mol. The van der Waals surface area contributed by atoms with Crippen LogP contribution >= 0.6 is 0 Å². The molecule has 0 fully saturated rings. The van der Waals surface area contributed by atoms with Gasteiger partial charge in [-0.2, -0.15) is 0 Å². The summed E-state index contributed by atoms with van der Waals surface area (Å²) in [7, 11) is 0. The molecule has 0 bridgehead atoms. The van der Waals surface area contributed by atoms with E-state index in [2.05, 4.69) is 4.74 Å². The molecule has 0 saturated heterocycles. The Bertz CT molecular complexity index is 1130. The molecular formula is C23H16F5NO3. The van der Waals surface area contributed by atoms with Gasteiger partial charge in [0.05, 0.1) is 6.54 Å². The quantitative estimate of drug-likeness (QED) is 0.302. The van der Waals surface area contributed by atoms with Gasteiger partial charge < -0.3 is 9.47 Å². The van der Waals surface area contributed by atoms with Crippen molar-refractivity contribution < 1.29 is 36.2 Å². The van der Waals surface area contributed by atoms with Gasteiger partial charge in [0.2, 0.25) is 0 Å². The van der Waals surface area contributed by atoms with Crippen molar-refractivity contribution >= 4 is 5.97 Å². The second-order valence-corrected chi connectivity index (χ2v) is 7.21. The van der Waals surface area contributed by atoms with Crippen molar-refractivity contribution in [1.82, 2.24) is 4.90 Å². The molecule has 32 heavy (non-hydrogen) atoms. The third-order valence-electron chi connectivity index (χ3n) is 4.90. The monoisotopic (exact) mass is 449 g/mol. The van der Waals surface area contributed by atoms with Crippen molar-refractivity contribution in [1.29, 1.82) is 0 Å². The molecule has 1 aliphatic rings. The van der Waals surface area contributed by atoms with Crippen LogP contribution in [-0.2, 0) is 17.9 Å². The molecule has 0 unspecified atom stereocenters. The zero-order valence-electron chi connectivity index (χ0n) is 16.5. The summed E-state index contributed by atoms with van der Waals surface area (Å²) in [6.45, 7) is -0.125. The van der Waals surface area contributed by atoms with Crippen molar-refractivity contribution in [3.63, 3.8) is 0 Å². The van der Waals surface area contributed by atoms with Crippen molar-refractivity contribution in [3.05, 3.63) is 83.4 Å². The van der Waals surface area contributed by atoms with Crippen LogP contribution in [0.4, 0.5) is 22.0 Å². The van der Waals surface area contributed by atoms with Gasteiger partial charge in [0.15, 0.2) is 0 Å². The summed E-state index contributed by atoms with van der Waals surface area (Å²) in [6.07, 6.45) is -4.78. The number of halogens is 5. The summed E-state index contributed by atoms with van der Waals surface area (Å²) < 4.78 is 74.4. The van der Waals surface area contributed by atoms with Gasteiger partial charge in [-0.05, 0) is 47.5 Å². The largest absolute Gasteiger partial charge is 0.573 e. The number of esters is 1. The Morgan fingerprint density at radius 2 is 1.56 bits per heavy atom. The number of alkyl halides is 3. The summed E-state index contributed by atoms with van der Waals surface area (Å²) in [5.74, 6) is -2.02. The predicted molar refractivity (Wildman–Crippen MR) is 105 cm³/mol. The number of nitrogens with zero attached hydrogens (tertiary/aromatic N) is 1. The Morgan fingerprint density at radius 3 is 2.22 bits per heavy atom. The van der Waals surface area contributed by atoms with Crippen LogP contribution in [0.1, 0.15) is 11.1 Å². The van der Waals surface area contributed by atoms with E-state index in [0.717, 1.165) is 12.1 Å². The topological polar surface area (TPSA) is 38.8 Å². The average Bonchev–Trinajstić information content (AvgIpc) is 2.87. The lowest BCUT2D eigenvalue weighted by Gasteiger charge is -2.19. The number of fused-ring (bicyclic) bond motifs is 1. The van der Waals surface area contributed by atoms with E-state index in [1.165, 1.54) is 30.3 Å². The highest BCUT2D eigenvalue weighted by Crippen LogP contribution is 2.32. The van der Waals surface area contributed by atoms with E-state index >= 15 is 0 Å². The van der Waals surface area contributed by atoms with Crippen LogP contribution in [-0.4, -0.2) is 23.8 Å². The molecule has 0 aromatic heterocycles. The Balaban J connectivity index is 1.59. The zero-order valence-corrected chi connectivity index (χ0v) is 16.5. The fourth-order valence-electron chi connectivity index (χ4n) is 3.48. The van der Waals surface area contributed by atoms with Crippen LogP contribution in [0.5, 0.6) is 11.5 Å². The maximum Gasteiger partial charge on any atom is 0.573 e. The molecule has 0 N–H and O–H groups in total. The lowest BCUT2D eigenvalue weighted by atomic mass is 10.0. The van der Waals surface area contributed by atoms with E-state index in [-0.39, 0.29) is 30.9 Å². The van der Waals surface area contributed by atoms with E-state index in [4.69, 9.17) is 4.74 Å². The van der Waals surface area contributed by atoms with Gasteiger partial charge in [0.1, 0.15) is 23.1 Å². The molecule has 1 heterocycles. The van der Waals surface area contributed by atoms with Gasteiger partial charge in [-0.15, -0.1) is 13.2 Å². The molecule has 3 aromatic carbocycles. The Morgan fingerprint density at radius 1 is 0.906 bits per heavy atom. The molecule has 1 aliphatic heterocycles. The number of carbonyl (C=O) groups excluding carboxylic acids is 1. The smallest absolute Gasteiger partial charge is 0.425 e. The second-order valence-electron chi connectivity index (χ2n) is 7.21. The van der Waals surface area contributed by atoms with Crippen LogP contribution in [0, 0.1) is 11.6 Å². The SMILES string of the molecule is O=C1CN(Cc2c(F)cccc2F)Cc2cc(-c3ccc(OC(F)(F)F)cc3)ccc2O1. The minimum Gasteiger partial charge on any atom is -0.425 e. The van der Waals surface area contributed by atoms with Crippen molar-refractivity contribution in [2.24, 2.45) is 0 Å². The number of rotatable bonds is 4. The van der Waals surface area contributed by atoms with Crippen LogP contribution in [0.2, 0.25) is 0 Å². The standard InChI is InChI=1S/C23H16F5NO3/c24-19-2-1-3-20(25)18(19)12-29-11-16-10-15(6-9-21(16)31-22(30)13-29)14-4-7-17(8-5-14)32-23(26,27)28/h1-10H,11-13H2. The van der Waals surface area contributed by atoms with E-state index in [9.17, 15) is 26.7 Å². The summed E-state index contributed by atoms with van der Waals surface area (Å²) in [5, 5.41) is 0. The van der Waals surface area contributed by atoms with E-state index in [1.807, 2.05) is 0 Å². The van der Waals surface area contributed by atoms with Gasteiger partial charge in [0, 0.05) is 24.2 Å². The minimum atomic E-state index is -4.78. The summed E-state index contributed by atoms with van der Waals surface area (Å²) in [5.41, 5.74) is 1.72. The Kier molecular flexibility index (Phi) is 5.84. The number of carbonyl (C=O) groups is 1. The van der Waals surface area contributed by atoms with E-state index in [0.29, 0.717) is 22.4 Å². The summed E-state index contributed by atoms with van der Waals surface area (Å²) in [4.78, 5) is 13.7. The highest BCUT2D eigenvalue weighted by atomic mass is 19.4. The number of ether oxygens (including phenoxy) is 2. The molecule has 4 nitrogen and oxygen atoms in total. The number of hydrogen-bond acceptors (Lipinski definition) is 4. The molecule has 0 spiro atoms. The van der Waals surface area contributed by atoms with Gasteiger partial charge in [-0.1, -0.05) is 24.3 Å². The lowest BCUT2D eigenvalue weighted by molar-refractivity contribution is -0.274. The number of benzene rings is 3. The zero-order chi connectivity index (χ0) is 22.9. The Labute approximate surface area is 179 Å². The van der Waals surface area contributed by atoms with Crippen molar-refractivity contribution in [2.75, 3.05) is 6.54 Å². The maximum atomic E-state index is 14.1. The van der Waals surface area contributed by atoms with Gasteiger partial charge in [0.25, 0.3) is 0 Å². The molecule has 0 aliphatic carbocycles. The first-order valence-electron chi connectivity index (χ1n) is 9.53. The fourth-order valence-corrected chi connectivity index (χ4v) is 3.48. The van der Waals surface area contributed by atoms with Crippen LogP contribution < -0.4 is 9.47 Å². The maximum absolute atomic E-state index is 14.1. The molecule has 0 radical (unpaired) electrons. The molecule has 9 heteroatoms. The van der Waals surface area contributed by atoms with E-state index in [1.54, 1.807) is 23.1 Å². The van der Waals surface area contributed by atoms with E-state index < -0.39 is 24.0 Å². The van der Waals surface area contributed by atoms with Crippen molar-refractivity contribution in [3.8, 4) is 22.6 Å². The highest BCUT2D eigenvalue weighted by molar-refractivity contribution is 5.76. The van der Waals surface area contributed by atoms with Crippen LogP contribution in [0.3, 0.4) is 0 Å². The molecule has 0 atom stereocenters. The predicted octanol–water partition coefficient (Wildman–Crippen LogP) is 5.45. The van der Waals surface area contributed by atoms with Gasteiger partial charge in [-0.3, -0.25) is 9.69 Å². The molecule has 4 rings (SSSR count). The van der Waals surface area contributed by atoms with Crippen molar-refractivity contribution in [2.45, 2.75) is 19.5 Å². The Hall–Kier alpha value is -3.46. The number of hydrogen-bond donors (Lipinski definition) is 0. The van der Waals surface area contributed by atoms with Gasteiger partial charge in [-0.25, -0.2) is 8.78 Å². The normalized spacial score (nSPS) is 14.5. The van der Waals surface area contributed by atoms with Crippen LogP contribution in [0.15, 0.2) is 60.7 Å². The minimum absolute atomic E-state index is 0.138. The third-order valence-corrected chi connectivity index (χ3v) is 4.90. The molecule has 166 valence electrons. The fraction of sp³-hybridized carbons (Fsp3) is 0.174. The van der Waals surface area contributed by atoms with Crippen LogP contribution in [0.25, 0.3) is 11.1 Å². The average molecular weight is 449 g/mol. The first-order chi connectivity index (χ1) is 15.2. The summed E-state index contributed by atoms with van der Waals surface area (Å²) in [6, 6.07) is 13.8. The first kappa shape index (κ1) is 21.8. The highest BCUT2D eigenvalue weighted by Gasteiger charge is 2.31.